The summed E-state index contributed by atoms with van der Waals surface area (Å²) in [5.74, 6) is 1.08. The first kappa shape index (κ1) is 14.2. The van der Waals surface area contributed by atoms with Gasteiger partial charge in [-0.1, -0.05) is 26.7 Å². The van der Waals surface area contributed by atoms with Gasteiger partial charge >= 0.3 is 0 Å². The van der Waals surface area contributed by atoms with Crippen molar-refractivity contribution in [3.8, 4) is 0 Å². The summed E-state index contributed by atoms with van der Waals surface area (Å²) in [5, 5.41) is 4.23. The fourth-order valence-corrected chi connectivity index (χ4v) is 2.29. The van der Waals surface area contributed by atoms with Crippen LogP contribution < -0.4 is 5.73 Å². The molecule has 0 radical (unpaired) electrons. The third kappa shape index (κ3) is 3.53. The van der Waals surface area contributed by atoms with E-state index < -0.39 is 0 Å². The molecule has 0 aliphatic rings. The second-order valence-electron chi connectivity index (χ2n) is 4.83. The average molecular weight is 238 g/mol. The third-order valence-electron chi connectivity index (χ3n) is 3.77. The number of aryl methyl sites for hydroxylation is 1. The summed E-state index contributed by atoms with van der Waals surface area (Å²) in [5.41, 5.74) is 6.21. The van der Waals surface area contributed by atoms with Crippen LogP contribution in [0.2, 0.25) is 0 Å². The normalized spacial score (nSPS) is 14.8. The second-order valence-corrected chi connectivity index (χ2v) is 4.83. The molecule has 0 saturated heterocycles. The zero-order valence-corrected chi connectivity index (χ0v) is 11.4. The van der Waals surface area contributed by atoms with Crippen LogP contribution in [0.25, 0.3) is 0 Å². The third-order valence-corrected chi connectivity index (χ3v) is 3.77. The van der Waals surface area contributed by atoms with Crippen molar-refractivity contribution in [1.82, 2.24) is 14.8 Å². The van der Waals surface area contributed by atoms with Gasteiger partial charge < -0.3 is 5.73 Å². The Labute approximate surface area is 105 Å². The number of hydrogen-bond donors (Lipinski definition) is 1. The highest BCUT2D eigenvalue weighted by atomic mass is 15.3. The Morgan fingerprint density at radius 2 is 2.12 bits per heavy atom. The van der Waals surface area contributed by atoms with Crippen molar-refractivity contribution in [2.45, 2.75) is 59.4 Å². The average Bonchev–Trinajstić information content (AvgIpc) is 2.81. The van der Waals surface area contributed by atoms with Crippen molar-refractivity contribution in [3.05, 3.63) is 12.2 Å². The van der Waals surface area contributed by atoms with E-state index in [1.54, 1.807) is 6.33 Å². The van der Waals surface area contributed by atoms with Gasteiger partial charge in [0.2, 0.25) is 0 Å². The smallest absolute Gasteiger partial charge is 0.138 e. The predicted molar refractivity (Wildman–Crippen MR) is 70.7 cm³/mol. The van der Waals surface area contributed by atoms with E-state index in [1.165, 1.54) is 19.3 Å². The highest BCUT2D eigenvalue weighted by molar-refractivity contribution is 4.94. The Balaban J connectivity index is 2.78. The van der Waals surface area contributed by atoms with Gasteiger partial charge in [-0.25, -0.2) is 4.98 Å². The first-order valence-corrected chi connectivity index (χ1v) is 6.78. The molecule has 1 unspecified atom stereocenters. The molecule has 0 aliphatic carbocycles. The molecule has 0 aliphatic heterocycles. The SMILES string of the molecule is CCCCC(CC)(CN)Cc1ncnn1CC. The zero-order chi connectivity index (χ0) is 12.7. The van der Waals surface area contributed by atoms with Gasteiger partial charge in [0.1, 0.15) is 12.2 Å². The summed E-state index contributed by atoms with van der Waals surface area (Å²) < 4.78 is 1.98. The Morgan fingerprint density at radius 1 is 1.35 bits per heavy atom. The summed E-state index contributed by atoms with van der Waals surface area (Å²) >= 11 is 0. The first-order chi connectivity index (χ1) is 8.21. The number of hydrogen-bond acceptors (Lipinski definition) is 3. The van der Waals surface area contributed by atoms with E-state index in [-0.39, 0.29) is 5.41 Å². The van der Waals surface area contributed by atoms with E-state index in [0.717, 1.165) is 31.8 Å². The molecule has 4 nitrogen and oxygen atoms in total. The molecule has 1 rings (SSSR count). The van der Waals surface area contributed by atoms with Gasteiger partial charge in [0, 0.05) is 13.0 Å². The number of nitrogens with two attached hydrogens (primary N) is 1. The molecule has 98 valence electrons. The summed E-state index contributed by atoms with van der Waals surface area (Å²) in [6.45, 7) is 8.18. The van der Waals surface area contributed by atoms with Gasteiger partial charge in [0.15, 0.2) is 0 Å². The van der Waals surface area contributed by atoms with Gasteiger partial charge in [-0.15, -0.1) is 0 Å². The van der Waals surface area contributed by atoms with Crippen LogP contribution in [0.15, 0.2) is 6.33 Å². The van der Waals surface area contributed by atoms with E-state index in [1.807, 2.05) is 4.68 Å². The topological polar surface area (TPSA) is 56.7 Å². The maximum atomic E-state index is 6.01. The molecule has 0 spiro atoms. The molecule has 4 heteroatoms. The Hall–Kier alpha value is -0.900. The van der Waals surface area contributed by atoms with Crippen LogP contribution in [0.4, 0.5) is 0 Å². The van der Waals surface area contributed by atoms with Crippen molar-refractivity contribution in [3.63, 3.8) is 0 Å². The van der Waals surface area contributed by atoms with Crippen LogP contribution in [0.3, 0.4) is 0 Å². The van der Waals surface area contributed by atoms with Gasteiger partial charge in [0.25, 0.3) is 0 Å². The van der Waals surface area contributed by atoms with Crippen LogP contribution in [-0.2, 0) is 13.0 Å². The maximum Gasteiger partial charge on any atom is 0.138 e. The van der Waals surface area contributed by atoms with Crippen LogP contribution >= 0.6 is 0 Å². The molecule has 1 heterocycles. The minimum Gasteiger partial charge on any atom is -0.330 e. The standard InChI is InChI=1S/C13H26N4/c1-4-7-8-13(5-2,10-14)9-12-15-11-16-17(12)6-3/h11H,4-10,14H2,1-3H3. The largest absolute Gasteiger partial charge is 0.330 e. The lowest BCUT2D eigenvalue weighted by Crippen LogP contribution is -2.33. The minimum atomic E-state index is 0.204. The molecular formula is C13H26N4. The fourth-order valence-electron chi connectivity index (χ4n) is 2.29. The Morgan fingerprint density at radius 3 is 2.65 bits per heavy atom. The molecule has 0 saturated carbocycles. The Bertz CT molecular complexity index is 315. The molecule has 0 fully saturated rings. The highest BCUT2D eigenvalue weighted by Gasteiger charge is 2.28. The summed E-state index contributed by atoms with van der Waals surface area (Å²) in [7, 11) is 0. The van der Waals surface area contributed by atoms with E-state index in [9.17, 15) is 0 Å². The quantitative estimate of drug-likeness (QED) is 0.756. The minimum absolute atomic E-state index is 0.204. The predicted octanol–water partition coefficient (Wildman–Crippen LogP) is 2.39. The van der Waals surface area contributed by atoms with Gasteiger partial charge in [-0.3, -0.25) is 4.68 Å². The van der Waals surface area contributed by atoms with E-state index in [4.69, 9.17) is 5.73 Å². The molecule has 1 atom stereocenters. The van der Waals surface area contributed by atoms with Gasteiger partial charge in [0.05, 0.1) is 0 Å². The van der Waals surface area contributed by atoms with Crippen molar-refractivity contribution >= 4 is 0 Å². The van der Waals surface area contributed by atoms with Crippen molar-refractivity contribution in [2.75, 3.05) is 6.54 Å². The molecule has 1 aromatic heterocycles. The summed E-state index contributed by atoms with van der Waals surface area (Å²) in [6.07, 6.45) is 7.37. The second kappa shape index (κ2) is 6.74. The van der Waals surface area contributed by atoms with Crippen molar-refractivity contribution in [2.24, 2.45) is 11.1 Å². The van der Waals surface area contributed by atoms with Crippen molar-refractivity contribution in [1.29, 1.82) is 0 Å². The number of unbranched alkanes of at least 4 members (excludes halogenated alkanes) is 1. The molecule has 0 aromatic carbocycles. The molecule has 0 amide bonds. The van der Waals surface area contributed by atoms with E-state index in [0.29, 0.717) is 0 Å². The fraction of sp³-hybridized carbons (Fsp3) is 0.846. The van der Waals surface area contributed by atoms with Crippen LogP contribution in [-0.4, -0.2) is 21.3 Å². The number of nitrogens with zero attached hydrogens (tertiary/aromatic N) is 3. The molecule has 17 heavy (non-hydrogen) atoms. The highest BCUT2D eigenvalue weighted by Crippen LogP contribution is 2.31. The monoisotopic (exact) mass is 238 g/mol. The molecular weight excluding hydrogens is 212 g/mol. The van der Waals surface area contributed by atoms with Gasteiger partial charge in [-0.2, -0.15) is 5.10 Å². The van der Waals surface area contributed by atoms with Crippen molar-refractivity contribution < 1.29 is 0 Å². The first-order valence-electron chi connectivity index (χ1n) is 6.78. The van der Waals surface area contributed by atoms with Crippen LogP contribution in [0.1, 0.15) is 52.3 Å². The van der Waals surface area contributed by atoms with Crippen LogP contribution in [0.5, 0.6) is 0 Å². The summed E-state index contributed by atoms with van der Waals surface area (Å²) in [6, 6.07) is 0. The molecule has 0 bridgehead atoms. The molecule has 1 aromatic rings. The van der Waals surface area contributed by atoms with E-state index in [2.05, 4.69) is 30.9 Å². The lowest BCUT2D eigenvalue weighted by Gasteiger charge is -2.31. The molecule has 2 N–H and O–H groups in total. The Kier molecular flexibility index (Phi) is 5.62. The van der Waals surface area contributed by atoms with Crippen LogP contribution in [0, 0.1) is 5.41 Å². The number of rotatable bonds is 8. The van der Waals surface area contributed by atoms with Gasteiger partial charge in [-0.05, 0) is 31.7 Å². The zero-order valence-electron chi connectivity index (χ0n) is 11.4. The lowest BCUT2D eigenvalue weighted by molar-refractivity contribution is 0.242. The van der Waals surface area contributed by atoms with E-state index >= 15 is 0 Å². The maximum absolute atomic E-state index is 6.01. The summed E-state index contributed by atoms with van der Waals surface area (Å²) in [4.78, 5) is 4.37. The lowest BCUT2D eigenvalue weighted by atomic mass is 9.77. The number of aromatic nitrogens is 3.